The van der Waals surface area contributed by atoms with E-state index < -0.39 is 6.10 Å². The molecule has 3 N–H and O–H groups in total. The summed E-state index contributed by atoms with van der Waals surface area (Å²) < 4.78 is 0. The second-order valence-electron chi connectivity index (χ2n) is 1.96. The van der Waals surface area contributed by atoms with E-state index in [1.807, 2.05) is 0 Å². The van der Waals surface area contributed by atoms with Crippen molar-refractivity contribution in [3.8, 4) is 0 Å². The van der Waals surface area contributed by atoms with E-state index in [-0.39, 0.29) is 0 Å². The van der Waals surface area contributed by atoms with E-state index in [9.17, 15) is 0 Å². The van der Waals surface area contributed by atoms with Gasteiger partial charge in [0.2, 0.25) is 0 Å². The quantitative estimate of drug-likeness (QED) is 0.446. The number of aliphatic imine (C=N–C) groups is 1. The minimum atomic E-state index is -0.469. The van der Waals surface area contributed by atoms with Crippen molar-refractivity contribution >= 4 is 5.84 Å². The number of hydrogen-bond donors (Lipinski definition) is 2. The minimum Gasteiger partial charge on any atom is -0.385 e. The van der Waals surface area contributed by atoms with Gasteiger partial charge in [-0.05, 0) is 12.8 Å². The predicted molar refractivity (Wildman–Crippen MR) is 31.7 cm³/mol. The third-order valence-electron chi connectivity index (χ3n) is 1.27. The molecule has 0 aromatic heterocycles. The molecule has 0 saturated heterocycles. The zero-order valence-corrected chi connectivity index (χ0v) is 4.67. The topological polar surface area (TPSA) is 58.6 Å². The summed E-state index contributed by atoms with van der Waals surface area (Å²) in [5.74, 6) is 0.399. The Hall–Kier alpha value is -0.570. The molecule has 1 aliphatic rings. The smallest absolute Gasteiger partial charge is 0.123 e. The molecule has 3 heteroatoms. The van der Waals surface area contributed by atoms with Crippen molar-refractivity contribution in [1.82, 2.24) is 0 Å². The lowest BCUT2D eigenvalue weighted by Crippen LogP contribution is -2.31. The highest BCUT2D eigenvalue weighted by Crippen LogP contribution is 2.02. The highest BCUT2D eigenvalue weighted by Gasteiger charge is 2.11. The number of aliphatic hydroxyl groups excluding tert-OH is 1. The van der Waals surface area contributed by atoms with Crippen molar-refractivity contribution in [1.29, 1.82) is 0 Å². The summed E-state index contributed by atoms with van der Waals surface area (Å²) in [5, 5.41) is 8.92. The van der Waals surface area contributed by atoms with Crippen LogP contribution in [0.25, 0.3) is 0 Å². The third-order valence-corrected chi connectivity index (χ3v) is 1.27. The summed E-state index contributed by atoms with van der Waals surface area (Å²) in [5.41, 5.74) is 5.28. The lowest BCUT2D eigenvalue weighted by Gasteiger charge is -2.13. The van der Waals surface area contributed by atoms with Crippen LogP contribution >= 0.6 is 0 Å². The molecule has 0 spiro atoms. The fourth-order valence-corrected chi connectivity index (χ4v) is 0.746. The second-order valence-corrected chi connectivity index (χ2v) is 1.96. The van der Waals surface area contributed by atoms with Gasteiger partial charge in [-0.25, -0.2) is 0 Å². The number of rotatable bonds is 0. The zero-order valence-electron chi connectivity index (χ0n) is 4.67. The number of aliphatic hydroxyl groups is 1. The maximum absolute atomic E-state index is 8.92. The molecular weight excluding hydrogens is 104 g/mol. The standard InChI is InChI=1S/C5H10N2O/c6-5-4(8)2-1-3-7-5/h4,8H,1-3H2,(H2,6,7). The Kier molecular flexibility index (Phi) is 1.48. The number of nitrogens with two attached hydrogens (primary N) is 1. The van der Waals surface area contributed by atoms with Crippen LogP contribution in [0.5, 0.6) is 0 Å². The van der Waals surface area contributed by atoms with Gasteiger partial charge >= 0.3 is 0 Å². The molecule has 1 heterocycles. The van der Waals surface area contributed by atoms with E-state index in [1.54, 1.807) is 0 Å². The lowest BCUT2D eigenvalue weighted by molar-refractivity contribution is 0.221. The van der Waals surface area contributed by atoms with Gasteiger partial charge in [0, 0.05) is 6.54 Å². The molecule has 0 amide bonds. The van der Waals surface area contributed by atoms with Crippen molar-refractivity contribution < 1.29 is 5.11 Å². The van der Waals surface area contributed by atoms with E-state index in [4.69, 9.17) is 10.8 Å². The number of nitrogens with zero attached hydrogens (tertiary/aromatic N) is 1. The van der Waals surface area contributed by atoms with E-state index in [0.29, 0.717) is 5.84 Å². The van der Waals surface area contributed by atoms with E-state index in [2.05, 4.69) is 4.99 Å². The van der Waals surface area contributed by atoms with Gasteiger partial charge in [0.25, 0.3) is 0 Å². The Bertz CT molecular complexity index is 111. The van der Waals surface area contributed by atoms with Gasteiger partial charge in [-0.1, -0.05) is 0 Å². The molecule has 0 bridgehead atoms. The highest BCUT2D eigenvalue weighted by atomic mass is 16.3. The van der Waals surface area contributed by atoms with Crippen molar-refractivity contribution in [2.45, 2.75) is 18.9 Å². The Morgan fingerprint density at radius 1 is 1.75 bits per heavy atom. The molecule has 0 aromatic carbocycles. The van der Waals surface area contributed by atoms with Crippen LogP contribution in [0, 0.1) is 0 Å². The summed E-state index contributed by atoms with van der Waals surface area (Å²) in [6, 6.07) is 0. The Labute approximate surface area is 48.2 Å². The van der Waals surface area contributed by atoms with Crippen LogP contribution < -0.4 is 5.73 Å². The molecule has 0 radical (unpaired) electrons. The first-order valence-corrected chi connectivity index (χ1v) is 2.78. The minimum absolute atomic E-state index is 0.399. The van der Waals surface area contributed by atoms with Gasteiger partial charge in [-0.2, -0.15) is 0 Å². The Morgan fingerprint density at radius 3 is 2.88 bits per heavy atom. The lowest BCUT2D eigenvalue weighted by atomic mass is 10.1. The van der Waals surface area contributed by atoms with Crippen LogP contribution in [0.15, 0.2) is 4.99 Å². The molecule has 1 rings (SSSR count). The van der Waals surface area contributed by atoms with Crippen LogP contribution in [0.2, 0.25) is 0 Å². The van der Waals surface area contributed by atoms with Gasteiger partial charge in [0.15, 0.2) is 0 Å². The fraction of sp³-hybridized carbons (Fsp3) is 0.800. The summed E-state index contributed by atoms with van der Waals surface area (Å²) in [6.45, 7) is 0.781. The van der Waals surface area contributed by atoms with E-state index in [0.717, 1.165) is 19.4 Å². The molecular formula is C5H10N2O. The van der Waals surface area contributed by atoms with Crippen molar-refractivity contribution in [3.05, 3.63) is 0 Å². The molecule has 8 heavy (non-hydrogen) atoms. The third kappa shape index (κ3) is 0.980. The van der Waals surface area contributed by atoms with Gasteiger partial charge in [0.05, 0.1) is 0 Å². The first kappa shape index (κ1) is 5.56. The van der Waals surface area contributed by atoms with Gasteiger partial charge in [-0.15, -0.1) is 0 Å². The molecule has 3 nitrogen and oxygen atoms in total. The summed E-state index contributed by atoms with van der Waals surface area (Å²) in [6.07, 6.45) is 1.26. The average Bonchev–Trinajstić information content (AvgIpc) is 1.77. The summed E-state index contributed by atoms with van der Waals surface area (Å²) in [7, 11) is 0. The van der Waals surface area contributed by atoms with E-state index >= 15 is 0 Å². The first-order chi connectivity index (χ1) is 3.80. The Balaban J connectivity index is 2.53. The molecule has 1 atom stereocenters. The fourth-order valence-electron chi connectivity index (χ4n) is 0.746. The molecule has 1 aliphatic heterocycles. The van der Waals surface area contributed by atoms with Crippen molar-refractivity contribution in [2.24, 2.45) is 10.7 Å². The molecule has 0 aromatic rings. The monoisotopic (exact) mass is 114 g/mol. The SMILES string of the molecule is NC1=NCCCC1O. The number of amidine groups is 1. The van der Waals surface area contributed by atoms with Gasteiger partial charge < -0.3 is 10.8 Å². The van der Waals surface area contributed by atoms with Crippen LogP contribution in [0.1, 0.15) is 12.8 Å². The molecule has 0 saturated carbocycles. The normalized spacial score (nSPS) is 29.6. The van der Waals surface area contributed by atoms with Crippen LogP contribution in [-0.2, 0) is 0 Å². The Morgan fingerprint density at radius 2 is 2.50 bits per heavy atom. The maximum Gasteiger partial charge on any atom is 0.123 e. The molecule has 46 valence electrons. The zero-order chi connectivity index (χ0) is 5.98. The summed E-state index contributed by atoms with van der Waals surface area (Å²) >= 11 is 0. The predicted octanol–water partition coefficient (Wildman–Crippen LogP) is -0.502. The maximum atomic E-state index is 8.92. The molecule has 0 fully saturated rings. The van der Waals surface area contributed by atoms with Crippen LogP contribution in [0.4, 0.5) is 0 Å². The van der Waals surface area contributed by atoms with Crippen LogP contribution in [-0.4, -0.2) is 23.6 Å². The first-order valence-electron chi connectivity index (χ1n) is 2.78. The summed E-state index contributed by atoms with van der Waals surface area (Å²) in [4.78, 5) is 3.86. The van der Waals surface area contributed by atoms with Crippen molar-refractivity contribution in [2.75, 3.05) is 6.54 Å². The highest BCUT2D eigenvalue weighted by molar-refractivity contribution is 5.85. The largest absolute Gasteiger partial charge is 0.385 e. The molecule has 1 unspecified atom stereocenters. The van der Waals surface area contributed by atoms with Crippen LogP contribution in [0.3, 0.4) is 0 Å². The number of hydrogen-bond acceptors (Lipinski definition) is 3. The van der Waals surface area contributed by atoms with Gasteiger partial charge in [-0.3, -0.25) is 4.99 Å². The second kappa shape index (κ2) is 2.13. The van der Waals surface area contributed by atoms with Crippen molar-refractivity contribution in [3.63, 3.8) is 0 Å². The van der Waals surface area contributed by atoms with Gasteiger partial charge in [0.1, 0.15) is 11.9 Å². The molecule has 0 aliphatic carbocycles. The van der Waals surface area contributed by atoms with E-state index in [1.165, 1.54) is 0 Å². The average molecular weight is 114 g/mol.